The van der Waals surface area contributed by atoms with Gasteiger partial charge >= 0.3 is 0 Å². The lowest BCUT2D eigenvalue weighted by Gasteiger charge is -2.06. The first-order valence-electron chi connectivity index (χ1n) is 10.4. The van der Waals surface area contributed by atoms with Crippen LogP contribution in [0.25, 0.3) is 11.1 Å². The van der Waals surface area contributed by atoms with E-state index in [4.69, 9.17) is 11.6 Å². The van der Waals surface area contributed by atoms with Crippen LogP contribution in [0.5, 0.6) is 0 Å². The molecular weight excluding hydrogens is 390 g/mol. The predicted molar refractivity (Wildman–Crippen MR) is 134 cm³/mol. The molecule has 164 valence electrons. The summed E-state index contributed by atoms with van der Waals surface area (Å²) in [6.45, 7) is 17.6. The van der Waals surface area contributed by atoms with Gasteiger partial charge in [0.25, 0.3) is 0 Å². The van der Waals surface area contributed by atoms with E-state index < -0.39 is 0 Å². The summed E-state index contributed by atoms with van der Waals surface area (Å²) in [6.07, 6.45) is 4.40. The van der Waals surface area contributed by atoms with E-state index in [-0.39, 0.29) is 5.78 Å². The molecule has 0 heterocycles. The molecule has 0 fully saturated rings. The molecule has 0 radical (unpaired) electrons. The number of benzene rings is 2. The quantitative estimate of drug-likeness (QED) is 0.449. The fourth-order valence-corrected chi connectivity index (χ4v) is 2.47. The first kappa shape index (κ1) is 27.7. The smallest absolute Gasteiger partial charge is 0.156 e. The summed E-state index contributed by atoms with van der Waals surface area (Å²) in [6, 6.07) is 14.8. The van der Waals surface area contributed by atoms with Gasteiger partial charge in [0.1, 0.15) is 0 Å². The Morgan fingerprint density at radius 3 is 2.03 bits per heavy atom. The monoisotopic (exact) mass is 427 g/mol. The average molecular weight is 428 g/mol. The lowest BCUT2D eigenvalue weighted by molar-refractivity contribution is -0.113. The summed E-state index contributed by atoms with van der Waals surface area (Å²) in [4.78, 5) is 12.4. The van der Waals surface area contributed by atoms with Crippen molar-refractivity contribution in [2.75, 3.05) is 7.05 Å². The first-order chi connectivity index (χ1) is 14.0. The van der Waals surface area contributed by atoms with Crippen molar-refractivity contribution in [1.29, 1.82) is 0 Å². The van der Waals surface area contributed by atoms with Crippen LogP contribution in [0.2, 0.25) is 5.02 Å². The van der Waals surface area contributed by atoms with Crippen molar-refractivity contribution in [2.45, 2.75) is 54.9 Å². The maximum absolute atomic E-state index is 10.7. The summed E-state index contributed by atoms with van der Waals surface area (Å²) in [7, 11) is 1.83. The van der Waals surface area contributed by atoms with E-state index in [2.05, 4.69) is 71.5 Å². The lowest BCUT2D eigenvalue weighted by Crippen LogP contribution is -2.03. The van der Waals surface area contributed by atoms with Crippen LogP contribution in [-0.2, 0) is 11.2 Å². The molecule has 2 rings (SSSR count). The second-order valence-electron chi connectivity index (χ2n) is 8.02. The number of allylic oxidation sites excluding steroid dienone is 1. The molecule has 0 aliphatic carbocycles. The third-order valence-corrected chi connectivity index (χ3v) is 4.21. The Morgan fingerprint density at radius 2 is 1.60 bits per heavy atom. The Morgan fingerprint density at radius 1 is 1.07 bits per heavy atom. The lowest BCUT2D eigenvalue weighted by atomic mass is 10.0. The van der Waals surface area contributed by atoms with Gasteiger partial charge in [-0.1, -0.05) is 81.8 Å². The van der Waals surface area contributed by atoms with E-state index in [9.17, 15) is 4.79 Å². The highest BCUT2D eigenvalue weighted by Gasteiger charge is 2.01. The van der Waals surface area contributed by atoms with Crippen molar-refractivity contribution in [2.24, 2.45) is 5.92 Å². The molecule has 2 aromatic carbocycles. The van der Waals surface area contributed by atoms with E-state index in [1.54, 1.807) is 31.1 Å². The zero-order chi connectivity index (χ0) is 23.3. The van der Waals surface area contributed by atoms with Crippen LogP contribution in [0, 0.1) is 12.8 Å². The molecule has 0 aromatic heterocycles. The van der Waals surface area contributed by atoms with Gasteiger partial charge < -0.3 is 4.90 Å². The maximum Gasteiger partial charge on any atom is 0.156 e. The molecule has 0 saturated heterocycles. The third kappa shape index (κ3) is 12.3. The molecule has 0 bridgehead atoms. The van der Waals surface area contributed by atoms with Gasteiger partial charge in [0, 0.05) is 23.8 Å². The molecule has 0 aliphatic heterocycles. The Labute approximate surface area is 189 Å². The zero-order valence-corrected chi connectivity index (χ0v) is 20.7. The van der Waals surface area contributed by atoms with Gasteiger partial charge in [0.15, 0.2) is 5.78 Å². The Kier molecular flexibility index (Phi) is 13.5. The molecule has 0 N–H and O–H groups in total. The highest BCUT2D eigenvalue weighted by molar-refractivity contribution is 6.31. The number of hydrogen-bond donors (Lipinski definition) is 0. The predicted octanol–water partition coefficient (Wildman–Crippen LogP) is 8.09. The van der Waals surface area contributed by atoms with Gasteiger partial charge in [0.05, 0.1) is 0 Å². The minimum Gasteiger partial charge on any atom is -0.357 e. The number of halogens is 1. The van der Waals surface area contributed by atoms with Gasteiger partial charge in [-0.25, -0.2) is 0 Å². The summed E-state index contributed by atoms with van der Waals surface area (Å²) in [5.74, 6) is 0.925. The van der Waals surface area contributed by atoms with E-state index in [0.29, 0.717) is 0 Å². The minimum absolute atomic E-state index is 0.0914. The Balaban J connectivity index is 0.000000516. The summed E-state index contributed by atoms with van der Waals surface area (Å²) >= 11 is 6.11. The molecular formula is C27H38ClNO. The van der Waals surface area contributed by atoms with Crippen LogP contribution >= 0.6 is 11.6 Å². The van der Waals surface area contributed by atoms with Crippen LogP contribution in [0.3, 0.4) is 0 Å². The van der Waals surface area contributed by atoms with Gasteiger partial charge in [-0.15, -0.1) is 0 Å². The first-order valence-corrected chi connectivity index (χ1v) is 10.8. The average Bonchev–Trinajstić information content (AvgIpc) is 2.67. The number of rotatable bonds is 5. The summed E-state index contributed by atoms with van der Waals surface area (Å²) in [5.41, 5.74) is 5.72. The molecule has 0 amide bonds. The van der Waals surface area contributed by atoms with Crippen molar-refractivity contribution in [3.05, 3.63) is 83.2 Å². The zero-order valence-electron chi connectivity index (χ0n) is 19.9. The van der Waals surface area contributed by atoms with Crippen LogP contribution in [0.1, 0.15) is 52.7 Å². The van der Waals surface area contributed by atoms with Crippen molar-refractivity contribution in [1.82, 2.24) is 4.90 Å². The van der Waals surface area contributed by atoms with E-state index in [1.807, 2.05) is 19.2 Å². The van der Waals surface area contributed by atoms with Crippen molar-refractivity contribution >= 4 is 17.4 Å². The van der Waals surface area contributed by atoms with E-state index in [1.165, 1.54) is 22.3 Å². The van der Waals surface area contributed by atoms with Crippen molar-refractivity contribution in [3.8, 4) is 11.1 Å². The van der Waals surface area contributed by atoms with Crippen molar-refractivity contribution in [3.63, 3.8) is 0 Å². The van der Waals surface area contributed by atoms with E-state index >= 15 is 0 Å². The molecule has 0 unspecified atom stereocenters. The highest BCUT2D eigenvalue weighted by atomic mass is 35.5. The van der Waals surface area contributed by atoms with Gasteiger partial charge in [-0.05, 0) is 68.1 Å². The topological polar surface area (TPSA) is 20.3 Å². The number of aryl methyl sites for hydroxylation is 2. The number of ketones is 1. The molecule has 0 atom stereocenters. The normalized spacial score (nSPS) is 10.4. The number of Topliss-reactive ketones (excluding diaryl/α,β-unsaturated/α-hetero) is 1. The molecule has 2 aromatic rings. The number of hydrogen-bond acceptors (Lipinski definition) is 2. The molecule has 0 aliphatic rings. The second-order valence-corrected chi connectivity index (χ2v) is 8.45. The second kappa shape index (κ2) is 14.6. The Hall–Kier alpha value is -2.32. The van der Waals surface area contributed by atoms with Crippen molar-refractivity contribution < 1.29 is 4.79 Å². The largest absolute Gasteiger partial charge is 0.357 e. The van der Waals surface area contributed by atoms with Crippen LogP contribution in [-0.4, -0.2) is 17.7 Å². The van der Waals surface area contributed by atoms with Gasteiger partial charge in [-0.2, -0.15) is 0 Å². The van der Waals surface area contributed by atoms with Crippen LogP contribution < -0.4 is 0 Å². The van der Waals surface area contributed by atoms with Crippen LogP contribution in [0.15, 0.2) is 67.0 Å². The van der Waals surface area contributed by atoms with E-state index in [0.717, 1.165) is 22.9 Å². The standard InChI is InChI=1S/C15H15Cl.C8H13NO.C4H10/c1-3-12-8-14(10-15(16)9-12)13-6-4-11(2)5-7-13;1-5-9(4)6-7(2)8(3)10;1-4(2)3/h4-10H,3H2,1-2H3;5-6H,1H2,2-4H3;4H,1-3H3/b;7-6+;. The number of carbonyl (C=O) groups is 1. The molecule has 30 heavy (non-hydrogen) atoms. The third-order valence-electron chi connectivity index (χ3n) is 3.99. The highest BCUT2D eigenvalue weighted by Crippen LogP contribution is 2.25. The van der Waals surface area contributed by atoms with Crippen LogP contribution in [0.4, 0.5) is 0 Å². The van der Waals surface area contributed by atoms with Gasteiger partial charge in [0.2, 0.25) is 0 Å². The molecule has 0 saturated carbocycles. The number of nitrogens with zero attached hydrogens (tertiary/aromatic N) is 1. The summed E-state index contributed by atoms with van der Waals surface area (Å²) < 4.78 is 0. The molecule has 3 heteroatoms. The Bertz CT molecular complexity index is 817. The molecule has 2 nitrogen and oxygen atoms in total. The maximum atomic E-state index is 10.7. The number of carbonyl (C=O) groups excluding carboxylic acids is 1. The molecule has 0 spiro atoms. The fourth-order valence-electron chi connectivity index (χ4n) is 2.22. The minimum atomic E-state index is 0.0914. The van der Waals surface area contributed by atoms with Gasteiger partial charge in [-0.3, -0.25) is 4.79 Å². The summed E-state index contributed by atoms with van der Waals surface area (Å²) in [5, 5.41) is 0.815. The fraction of sp³-hybridized carbons (Fsp3) is 0.370. The SMILES string of the molecule is C=CN(C)/C=C(\C)C(C)=O.CC(C)C.CCc1cc(Cl)cc(-c2ccc(C)cc2)c1.